The van der Waals surface area contributed by atoms with Gasteiger partial charge in [0.2, 0.25) is 0 Å². The highest BCUT2D eigenvalue weighted by Crippen LogP contribution is 2.29. The molecule has 1 aliphatic heterocycles. The Bertz CT molecular complexity index is 549. The van der Waals surface area contributed by atoms with E-state index >= 15 is 0 Å². The molecular weight excluding hydrogens is 260 g/mol. The number of aromatic nitrogens is 1. The molecule has 0 aliphatic carbocycles. The fraction of sp³-hybridized carbons (Fsp3) is 0.500. The number of anilines is 1. The molecule has 3 rings (SSSR count). The van der Waals surface area contributed by atoms with Crippen LogP contribution in [0.1, 0.15) is 19.3 Å². The number of fused-ring (bicyclic) bond motifs is 1. The van der Waals surface area contributed by atoms with Crippen molar-refractivity contribution in [3.63, 3.8) is 0 Å². The smallest absolute Gasteiger partial charge is 0.183 e. The van der Waals surface area contributed by atoms with Crippen molar-refractivity contribution in [2.45, 2.75) is 25.4 Å². The Hall–Kier alpha value is -1.33. The first-order valence-electron chi connectivity index (χ1n) is 6.65. The lowest BCUT2D eigenvalue weighted by Crippen LogP contribution is -2.26. The number of thiazole rings is 1. The summed E-state index contributed by atoms with van der Waals surface area (Å²) in [6, 6.07) is 5.96. The lowest BCUT2D eigenvalue weighted by molar-refractivity contribution is 0.0247. The molecule has 1 saturated heterocycles. The lowest BCUT2D eigenvalue weighted by Gasteiger charge is -2.22. The molecule has 0 radical (unpaired) electrons. The summed E-state index contributed by atoms with van der Waals surface area (Å²) in [5.74, 6) is 0.873. The number of ether oxygens (including phenoxy) is 2. The molecule has 2 aromatic rings. The van der Waals surface area contributed by atoms with Gasteiger partial charge in [-0.05, 0) is 37.5 Å². The van der Waals surface area contributed by atoms with Gasteiger partial charge in [-0.1, -0.05) is 11.3 Å². The molecule has 0 bridgehead atoms. The SMILES string of the molecule is COc1ccc2nc(NCC3CCCCO3)sc2c1. The Labute approximate surface area is 116 Å². The van der Waals surface area contributed by atoms with E-state index in [9.17, 15) is 0 Å². The number of hydrogen-bond acceptors (Lipinski definition) is 5. The Balaban J connectivity index is 1.67. The van der Waals surface area contributed by atoms with Gasteiger partial charge in [0.1, 0.15) is 5.75 Å². The molecule has 1 N–H and O–H groups in total. The van der Waals surface area contributed by atoms with Crippen LogP contribution in [0.15, 0.2) is 18.2 Å². The maximum absolute atomic E-state index is 5.70. The Morgan fingerprint density at radius 3 is 3.21 bits per heavy atom. The summed E-state index contributed by atoms with van der Waals surface area (Å²) in [5.41, 5.74) is 1.01. The van der Waals surface area contributed by atoms with Gasteiger partial charge < -0.3 is 14.8 Å². The largest absolute Gasteiger partial charge is 0.497 e. The van der Waals surface area contributed by atoms with Crippen molar-refractivity contribution in [3.8, 4) is 5.75 Å². The van der Waals surface area contributed by atoms with Crippen LogP contribution in [0.5, 0.6) is 5.75 Å². The van der Waals surface area contributed by atoms with Crippen molar-refractivity contribution in [3.05, 3.63) is 18.2 Å². The normalized spacial score (nSPS) is 19.5. The maximum atomic E-state index is 5.70. The molecule has 2 heterocycles. The van der Waals surface area contributed by atoms with Gasteiger partial charge in [-0.2, -0.15) is 0 Å². The molecule has 1 unspecified atom stereocenters. The first kappa shape index (κ1) is 12.7. The Kier molecular flexibility index (Phi) is 3.84. The molecule has 1 fully saturated rings. The van der Waals surface area contributed by atoms with Gasteiger partial charge in [-0.25, -0.2) is 4.98 Å². The molecule has 0 amide bonds. The van der Waals surface area contributed by atoms with Gasteiger partial charge in [0, 0.05) is 13.2 Å². The third-order valence-corrected chi connectivity index (χ3v) is 4.33. The summed E-state index contributed by atoms with van der Waals surface area (Å²) >= 11 is 1.66. The van der Waals surface area contributed by atoms with Gasteiger partial charge >= 0.3 is 0 Å². The van der Waals surface area contributed by atoms with E-state index in [4.69, 9.17) is 9.47 Å². The molecular formula is C14H18N2O2S. The van der Waals surface area contributed by atoms with Crippen LogP contribution in [-0.2, 0) is 4.74 Å². The summed E-state index contributed by atoms with van der Waals surface area (Å²) in [6.45, 7) is 1.74. The highest BCUT2D eigenvalue weighted by Gasteiger charge is 2.14. The number of rotatable bonds is 4. The van der Waals surface area contributed by atoms with Gasteiger partial charge in [0.05, 0.1) is 23.4 Å². The fourth-order valence-corrected chi connectivity index (χ4v) is 3.18. The van der Waals surface area contributed by atoms with E-state index < -0.39 is 0 Å². The molecule has 1 aromatic carbocycles. The molecule has 4 nitrogen and oxygen atoms in total. The van der Waals surface area contributed by atoms with Crippen LogP contribution in [0.25, 0.3) is 10.2 Å². The van der Waals surface area contributed by atoms with E-state index in [-0.39, 0.29) is 0 Å². The molecule has 1 aliphatic rings. The van der Waals surface area contributed by atoms with Crippen LogP contribution < -0.4 is 10.1 Å². The van der Waals surface area contributed by atoms with Gasteiger partial charge in [0.25, 0.3) is 0 Å². The van der Waals surface area contributed by atoms with Crippen molar-refractivity contribution in [2.75, 3.05) is 25.6 Å². The number of hydrogen-bond donors (Lipinski definition) is 1. The van der Waals surface area contributed by atoms with Crippen LogP contribution in [0.4, 0.5) is 5.13 Å². The van der Waals surface area contributed by atoms with Crippen molar-refractivity contribution in [1.29, 1.82) is 0 Å². The molecule has 102 valence electrons. The molecule has 1 atom stereocenters. The molecule has 19 heavy (non-hydrogen) atoms. The van der Waals surface area contributed by atoms with Gasteiger partial charge in [-0.15, -0.1) is 0 Å². The molecule has 5 heteroatoms. The van der Waals surface area contributed by atoms with Crippen LogP contribution in [0.3, 0.4) is 0 Å². The minimum atomic E-state index is 0.329. The maximum Gasteiger partial charge on any atom is 0.183 e. The Morgan fingerprint density at radius 2 is 2.42 bits per heavy atom. The summed E-state index contributed by atoms with van der Waals surface area (Å²) < 4.78 is 12.1. The minimum absolute atomic E-state index is 0.329. The van der Waals surface area contributed by atoms with Gasteiger partial charge in [-0.3, -0.25) is 0 Å². The van der Waals surface area contributed by atoms with Gasteiger partial charge in [0.15, 0.2) is 5.13 Å². The number of nitrogens with one attached hydrogen (secondary N) is 1. The highest BCUT2D eigenvalue weighted by atomic mass is 32.1. The lowest BCUT2D eigenvalue weighted by atomic mass is 10.1. The average molecular weight is 278 g/mol. The summed E-state index contributed by atoms with van der Waals surface area (Å²) in [6.07, 6.45) is 3.93. The summed E-state index contributed by atoms with van der Waals surface area (Å²) in [7, 11) is 1.68. The number of methoxy groups -OCH3 is 1. The fourth-order valence-electron chi connectivity index (χ4n) is 2.28. The van der Waals surface area contributed by atoms with Crippen LogP contribution in [-0.4, -0.2) is 31.3 Å². The third-order valence-electron chi connectivity index (χ3n) is 3.35. The average Bonchev–Trinajstić information content (AvgIpc) is 2.88. The van der Waals surface area contributed by atoms with Crippen LogP contribution in [0.2, 0.25) is 0 Å². The van der Waals surface area contributed by atoms with E-state index in [1.807, 2.05) is 18.2 Å². The zero-order chi connectivity index (χ0) is 13.1. The standard InChI is InChI=1S/C14H18N2O2S/c1-17-10-5-6-12-13(8-10)19-14(16-12)15-9-11-4-2-3-7-18-11/h5-6,8,11H,2-4,7,9H2,1H3,(H,15,16). The van der Waals surface area contributed by atoms with E-state index in [0.717, 1.165) is 40.7 Å². The summed E-state index contributed by atoms with van der Waals surface area (Å²) in [5, 5.41) is 4.34. The zero-order valence-electron chi connectivity index (χ0n) is 11.0. The van der Waals surface area contributed by atoms with E-state index in [2.05, 4.69) is 10.3 Å². The second-order valence-electron chi connectivity index (χ2n) is 4.72. The second-order valence-corrected chi connectivity index (χ2v) is 5.75. The molecule has 0 saturated carbocycles. The van der Waals surface area contributed by atoms with Crippen LogP contribution in [0, 0.1) is 0 Å². The van der Waals surface area contributed by atoms with Crippen LogP contribution >= 0.6 is 11.3 Å². The van der Waals surface area contributed by atoms with E-state index in [1.54, 1.807) is 18.4 Å². The molecule has 1 aromatic heterocycles. The number of nitrogens with zero attached hydrogens (tertiary/aromatic N) is 1. The summed E-state index contributed by atoms with van der Waals surface area (Å²) in [4.78, 5) is 4.57. The quantitative estimate of drug-likeness (QED) is 0.932. The monoisotopic (exact) mass is 278 g/mol. The predicted octanol–water partition coefficient (Wildman–Crippen LogP) is 3.29. The Morgan fingerprint density at radius 1 is 1.47 bits per heavy atom. The minimum Gasteiger partial charge on any atom is -0.497 e. The van der Waals surface area contributed by atoms with Crippen molar-refractivity contribution in [1.82, 2.24) is 4.98 Å². The third kappa shape index (κ3) is 2.98. The zero-order valence-corrected chi connectivity index (χ0v) is 11.8. The topological polar surface area (TPSA) is 43.4 Å². The predicted molar refractivity (Wildman–Crippen MR) is 78.3 cm³/mol. The van der Waals surface area contributed by atoms with E-state index in [0.29, 0.717) is 6.10 Å². The first-order valence-corrected chi connectivity index (χ1v) is 7.47. The number of benzene rings is 1. The second kappa shape index (κ2) is 5.75. The van der Waals surface area contributed by atoms with Crippen molar-refractivity contribution >= 4 is 26.7 Å². The van der Waals surface area contributed by atoms with Crippen molar-refractivity contribution in [2.24, 2.45) is 0 Å². The molecule has 0 spiro atoms. The first-order chi connectivity index (χ1) is 9.35. The highest BCUT2D eigenvalue weighted by molar-refractivity contribution is 7.22. The van der Waals surface area contributed by atoms with E-state index in [1.165, 1.54) is 12.8 Å². The van der Waals surface area contributed by atoms with Crippen molar-refractivity contribution < 1.29 is 9.47 Å².